The summed E-state index contributed by atoms with van der Waals surface area (Å²) >= 11 is 0. The molecule has 0 spiro atoms. The van der Waals surface area contributed by atoms with Gasteiger partial charge in [0.05, 0.1) is 0 Å². The maximum atomic E-state index is 15.8. The molecule has 0 N–H and O–H groups in total. The highest BCUT2D eigenvalue weighted by atomic mass is 19.1. The summed E-state index contributed by atoms with van der Waals surface area (Å²) in [5.74, 6) is 0. The van der Waals surface area contributed by atoms with Gasteiger partial charge in [0.2, 0.25) is 0 Å². The second kappa shape index (κ2) is 6.44. The van der Waals surface area contributed by atoms with Gasteiger partial charge >= 0.3 is 6.99 Å². The molecule has 3 heteroatoms. The lowest BCUT2D eigenvalue weighted by Crippen LogP contribution is -2.39. The summed E-state index contributed by atoms with van der Waals surface area (Å²) in [5, 5.41) is 1.96. The Morgan fingerprint density at radius 1 is 0.593 bits per heavy atom. The lowest BCUT2D eigenvalue weighted by molar-refractivity contribution is 0.670. The number of hydrogen-bond donors (Lipinski definition) is 0. The number of furan rings is 1. The Labute approximate surface area is 157 Å². The average molecular weight is 350 g/mol. The maximum Gasteiger partial charge on any atom is 0.417 e. The summed E-state index contributed by atoms with van der Waals surface area (Å²) < 4.78 is 21.8. The van der Waals surface area contributed by atoms with Crippen molar-refractivity contribution in [2.45, 2.75) is 0 Å². The van der Waals surface area contributed by atoms with Crippen molar-refractivity contribution in [3.63, 3.8) is 0 Å². The predicted octanol–water partition coefficient (Wildman–Crippen LogP) is 5.33. The summed E-state index contributed by atoms with van der Waals surface area (Å²) in [5.41, 5.74) is 4.52. The third kappa shape index (κ3) is 2.63. The van der Waals surface area contributed by atoms with Crippen LogP contribution in [0, 0.1) is 0 Å². The van der Waals surface area contributed by atoms with Gasteiger partial charge in [0.1, 0.15) is 11.2 Å². The first-order valence-electron chi connectivity index (χ1n) is 9.01. The molecule has 0 aliphatic heterocycles. The van der Waals surface area contributed by atoms with Gasteiger partial charge in [-0.05, 0) is 22.7 Å². The zero-order chi connectivity index (χ0) is 18.2. The van der Waals surface area contributed by atoms with Crippen molar-refractivity contribution in [2.75, 3.05) is 0 Å². The van der Waals surface area contributed by atoms with Gasteiger partial charge in [-0.15, -0.1) is 0 Å². The summed E-state index contributed by atoms with van der Waals surface area (Å²) in [6.45, 7) is -1.27. The number of hydrogen-bond acceptors (Lipinski definition) is 1. The molecule has 4 aromatic carbocycles. The van der Waals surface area contributed by atoms with Crippen molar-refractivity contribution < 1.29 is 8.73 Å². The third-order valence-electron chi connectivity index (χ3n) is 5.03. The van der Waals surface area contributed by atoms with E-state index in [1.54, 1.807) is 0 Å². The van der Waals surface area contributed by atoms with Crippen LogP contribution in [0.25, 0.3) is 33.1 Å². The number of rotatable bonds is 3. The molecule has 0 radical (unpaired) electrons. The third-order valence-corrected chi connectivity index (χ3v) is 5.03. The molecular weight excluding hydrogens is 334 g/mol. The van der Waals surface area contributed by atoms with Crippen molar-refractivity contribution in [3.05, 3.63) is 97.1 Å². The fourth-order valence-electron chi connectivity index (χ4n) is 3.73. The van der Waals surface area contributed by atoms with Crippen LogP contribution in [0.5, 0.6) is 0 Å². The van der Waals surface area contributed by atoms with Crippen LogP contribution in [-0.2, 0) is 0 Å². The topological polar surface area (TPSA) is 13.1 Å². The van der Waals surface area contributed by atoms with Crippen molar-refractivity contribution in [2.24, 2.45) is 0 Å². The molecule has 0 saturated heterocycles. The highest BCUT2D eigenvalue weighted by molar-refractivity contribution is 6.82. The molecule has 0 unspecified atom stereocenters. The van der Waals surface area contributed by atoms with E-state index >= 15 is 4.32 Å². The Kier molecular flexibility index (Phi) is 3.79. The number of benzene rings is 4. The van der Waals surface area contributed by atoms with E-state index in [2.05, 4.69) is 0 Å². The summed E-state index contributed by atoms with van der Waals surface area (Å²) in [6, 6.07) is 31.1. The Morgan fingerprint density at radius 3 is 2.15 bits per heavy atom. The monoisotopic (exact) mass is 350 g/mol. The molecule has 0 aliphatic rings. The zero-order valence-corrected chi connectivity index (χ0v) is 14.6. The van der Waals surface area contributed by atoms with Gasteiger partial charge in [-0.3, -0.25) is 0 Å². The number of para-hydroxylation sites is 2. The molecule has 1 aromatic heterocycles. The van der Waals surface area contributed by atoms with Crippen molar-refractivity contribution in [1.29, 1.82) is 0 Å². The summed E-state index contributed by atoms with van der Waals surface area (Å²) in [6.07, 6.45) is 0. The van der Waals surface area contributed by atoms with Crippen molar-refractivity contribution in [1.82, 2.24) is 0 Å². The fourth-order valence-corrected chi connectivity index (χ4v) is 3.73. The normalized spacial score (nSPS) is 11.1. The minimum atomic E-state index is -1.27. The van der Waals surface area contributed by atoms with E-state index < -0.39 is 6.99 Å². The van der Waals surface area contributed by atoms with E-state index in [4.69, 9.17) is 4.42 Å². The van der Waals surface area contributed by atoms with Crippen LogP contribution < -0.4 is 10.9 Å². The molecule has 0 amide bonds. The minimum absolute atomic E-state index is 0.562. The van der Waals surface area contributed by atoms with Crippen LogP contribution in [0.2, 0.25) is 0 Å². The van der Waals surface area contributed by atoms with E-state index in [0.29, 0.717) is 16.5 Å². The maximum absolute atomic E-state index is 15.8. The average Bonchev–Trinajstić information content (AvgIpc) is 3.13. The van der Waals surface area contributed by atoms with Crippen LogP contribution in [0.3, 0.4) is 0 Å². The molecule has 5 rings (SSSR count). The molecule has 5 aromatic rings. The van der Waals surface area contributed by atoms with Crippen LogP contribution >= 0.6 is 0 Å². The van der Waals surface area contributed by atoms with Gasteiger partial charge in [0, 0.05) is 16.2 Å². The summed E-state index contributed by atoms with van der Waals surface area (Å²) in [4.78, 5) is 0. The predicted molar refractivity (Wildman–Crippen MR) is 112 cm³/mol. The largest absolute Gasteiger partial charge is 0.457 e. The molecule has 0 fully saturated rings. The molecular formula is C24H16BFO. The lowest BCUT2D eigenvalue weighted by atomic mass is 9.56. The molecule has 0 saturated carbocycles. The highest BCUT2D eigenvalue weighted by Gasteiger charge is 2.27. The van der Waals surface area contributed by atoms with Crippen molar-refractivity contribution in [3.8, 4) is 11.1 Å². The van der Waals surface area contributed by atoms with Crippen molar-refractivity contribution >= 4 is 39.9 Å². The second-order valence-electron chi connectivity index (χ2n) is 6.64. The van der Waals surface area contributed by atoms with Crippen LogP contribution in [-0.4, -0.2) is 6.99 Å². The minimum Gasteiger partial charge on any atom is -0.457 e. The van der Waals surface area contributed by atoms with Gasteiger partial charge in [-0.1, -0.05) is 91.0 Å². The Balaban J connectivity index is 1.71. The van der Waals surface area contributed by atoms with E-state index in [-0.39, 0.29) is 0 Å². The van der Waals surface area contributed by atoms with Gasteiger partial charge in [-0.25, -0.2) is 0 Å². The van der Waals surface area contributed by atoms with E-state index in [0.717, 1.165) is 27.5 Å². The number of fused-ring (bicyclic) bond motifs is 3. The quantitative estimate of drug-likeness (QED) is 0.401. The fraction of sp³-hybridized carbons (Fsp3) is 0. The molecule has 1 nitrogen and oxygen atoms in total. The second-order valence-corrected chi connectivity index (χ2v) is 6.64. The van der Waals surface area contributed by atoms with E-state index in [1.165, 1.54) is 0 Å². The Hall–Kier alpha value is -3.33. The molecule has 0 bridgehead atoms. The van der Waals surface area contributed by atoms with Crippen LogP contribution in [0.4, 0.5) is 4.32 Å². The van der Waals surface area contributed by atoms with Gasteiger partial charge in [0.15, 0.2) is 0 Å². The van der Waals surface area contributed by atoms with E-state index in [1.807, 2.05) is 97.1 Å². The van der Waals surface area contributed by atoms with E-state index in [9.17, 15) is 0 Å². The van der Waals surface area contributed by atoms with Gasteiger partial charge in [0.25, 0.3) is 0 Å². The molecule has 27 heavy (non-hydrogen) atoms. The Morgan fingerprint density at radius 2 is 1.26 bits per heavy atom. The Bertz CT molecular complexity index is 1240. The molecule has 0 aliphatic carbocycles. The van der Waals surface area contributed by atoms with Gasteiger partial charge in [-0.2, -0.15) is 0 Å². The molecule has 1 heterocycles. The first-order valence-corrected chi connectivity index (χ1v) is 9.01. The smallest absolute Gasteiger partial charge is 0.417 e. The van der Waals surface area contributed by atoms with Gasteiger partial charge < -0.3 is 8.73 Å². The van der Waals surface area contributed by atoms with Crippen LogP contribution in [0.1, 0.15) is 0 Å². The zero-order valence-electron chi connectivity index (χ0n) is 14.6. The standard InChI is InChI=1S/C24H16BFO/c26-25(21-14-6-4-11-18(21)17-9-2-1-3-10-17)22-15-8-13-20-19-12-5-7-16-23(19)27-24(20)22/h1-16H. The SMILES string of the molecule is FB(c1ccccc1-c1ccccc1)c1cccc2c1oc1ccccc12. The molecule has 128 valence electrons. The van der Waals surface area contributed by atoms with Crippen LogP contribution in [0.15, 0.2) is 101 Å². The first-order chi connectivity index (χ1) is 13.3. The first kappa shape index (κ1) is 15.9. The summed E-state index contributed by atoms with van der Waals surface area (Å²) in [7, 11) is 0. The number of halogens is 1. The highest BCUT2D eigenvalue weighted by Crippen LogP contribution is 2.28. The molecule has 0 atom stereocenters. The lowest BCUT2D eigenvalue weighted by Gasteiger charge is -2.12.